The number of rotatable bonds is 2. The molecule has 0 fully saturated rings. The van der Waals surface area contributed by atoms with Crippen LogP contribution in [0.3, 0.4) is 0 Å². The Labute approximate surface area is 109 Å². The largest absolute Gasteiger partial charge is 0.256 e. The van der Waals surface area contributed by atoms with Gasteiger partial charge in [-0.05, 0) is 28.7 Å². The quantitative estimate of drug-likeness (QED) is 0.738. The third kappa shape index (κ3) is 2.67. The van der Waals surface area contributed by atoms with Crippen LogP contribution >= 0.6 is 0 Å². The molecule has 1 heteroatoms. The Hall–Kier alpha value is -1.89. The molecule has 0 bridgehead atoms. The Morgan fingerprint density at radius 1 is 1.06 bits per heavy atom. The molecule has 1 heterocycles. The van der Waals surface area contributed by atoms with E-state index in [1.807, 2.05) is 12.3 Å². The lowest BCUT2D eigenvalue weighted by Gasteiger charge is -2.19. The standard InChI is InChI=1S/C17H19N/c1-5-13-6-8-14(9-7-13)16-12-15(10-11-18-16)17(2,3)4/h5-12H,1H2,2-4H3. The van der Waals surface area contributed by atoms with Crippen molar-refractivity contribution in [2.24, 2.45) is 0 Å². The van der Waals surface area contributed by atoms with Crippen LogP contribution in [0.25, 0.3) is 17.3 Å². The molecule has 0 spiro atoms. The molecule has 2 rings (SSSR count). The molecule has 0 aliphatic carbocycles. The number of nitrogens with zero attached hydrogens (tertiary/aromatic N) is 1. The van der Waals surface area contributed by atoms with Crippen LogP contribution in [0.15, 0.2) is 49.2 Å². The van der Waals surface area contributed by atoms with Crippen molar-refractivity contribution in [1.82, 2.24) is 4.98 Å². The Balaban J connectivity index is 2.41. The van der Waals surface area contributed by atoms with E-state index in [0.29, 0.717) is 0 Å². The van der Waals surface area contributed by atoms with E-state index in [-0.39, 0.29) is 5.41 Å². The molecule has 92 valence electrons. The normalized spacial score (nSPS) is 11.3. The number of benzene rings is 1. The smallest absolute Gasteiger partial charge is 0.0704 e. The molecular weight excluding hydrogens is 218 g/mol. The monoisotopic (exact) mass is 237 g/mol. The predicted molar refractivity (Wildman–Crippen MR) is 78.5 cm³/mol. The zero-order valence-corrected chi connectivity index (χ0v) is 11.3. The second-order valence-electron chi connectivity index (χ2n) is 5.51. The van der Waals surface area contributed by atoms with Crippen LogP contribution in [0.5, 0.6) is 0 Å². The van der Waals surface area contributed by atoms with Gasteiger partial charge in [0, 0.05) is 11.8 Å². The second-order valence-corrected chi connectivity index (χ2v) is 5.51. The number of pyridine rings is 1. The minimum Gasteiger partial charge on any atom is -0.256 e. The maximum atomic E-state index is 4.45. The Kier molecular flexibility index (Phi) is 3.33. The summed E-state index contributed by atoms with van der Waals surface area (Å²) in [5, 5.41) is 0. The maximum absolute atomic E-state index is 4.45. The summed E-state index contributed by atoms with van der Waals surface area (Å²) in [5.74, 6) is 0. The summed E-state index contributed by atoms with van der Waals surface area (Å²) in [7, 11) is 0. The van der Waals surface area contributed by atoms with E-state index in [1.54, 1.807) is 0 Å². The van der Waals surface area contributed by atoms with E-state index in [4.69, 9.17) is 0 Å². The minimum atomic E-state index is 0.152. The van der Waals surface area contributed by atoms with Crippen molar-refractivity contribution in [3.05, 3.63) is 60.3 Å². The van der Waals surface area contributed by atoms with Crippen LogP contribution in [0, 0.1) is 0 Å². The van der Waals surface area contributed by atoms with Crippen molar-refractivity contribution in [3.8, 4) is 11.3 Å². The topological polar surface area (TPSA) is 12.9 Å². The third-order valence-electron chi connectivity index (χ3n) is 3.07. The lowest BCUT2D eigenvalue weighted by molar-refractivity contribution is 0.589. The highest BCUT2D eigenvalue weighted by molar-refractivity contribution is 5.62. The summed E-state index contributed by atoms with van der Waals surface area (Å²) in [6.07, 6.45) is 3.74. The fourth-order valence-electron chi connectivity index (χ4n) is 1.84. The average Bonchev–Trinajstić information content (AvgIpc) is 2.38. The first-order valence-corrected chi connectivity index (χ1v) is 6.20. The van der Waals surface area contributed by atoms with Gasteiger partial charge in [0.1, 0.15) is 0 Å². The van der Waals surface area contributed by atoms with Gasteiger partial charge in [-0.3, -0.25) is 4.98 Å². The van der Waals surface area contributed by atoms with Gasteiger partial charge in [0.15, 0.2) is 0 Å². The van der Waals surface area contributed by atoms with E-state index >= 15 is 0 Å². The molecule has 2 aromatic rings. The fraction of sp³-hybridized carbons (Fsp3) is 0.235. The maximum Gasteiger partial charge on any atom is 0.0704 e. The van der Waals surface area contributed by atoms with Gasteiger partial charge in [0.25, 0.3) is 0 Å². The minimum absolute atomic E-state index is 0.152. The van der Waals surface area contributed by atoms with Gasteiger partial charge >= 0.3 is 0 Å². The average molecular weight is 237 g/mol. The van der Waals surface area contributed by atoms with Crippen LogP contribution in [0.1, 0.15) is 31.9 Å². The van der Waals surface area contributed by atoms with Crippen LogP contribution in [0.2, 0.25) is 0 Å². The molecular formula is C17H19N. The first kappa shape index (κ1) is 12.6. The predicted octanol–water partition coefficient (Wildman–Crippen LogP) is 4.69. The molecule has 1 nitrogen and oxygen atoms in total. The van der Waals surface area contributed by atoms with Crippen molar-refractivity contribution in [2.75, 3.05) is 0 Å². The number of hydrogen-bond acceptors (Lipinski definition) is 1. The summed E-state index contributed by atoms with van der Waals surface area (Å²) < 4.78 is 0. The third-order valence-corrected chi connectivity index (χ3v) is 3.07. The van der Waals surface area contributed by atoms with Crippen LogP contribution in [0.4, 0.5) is 0 Å². The number of hydrogen-bond donors (Lipinski definition) is 0. The molecule has 0 aliphatic rings. The van der Waals surface area contributed by atoms with E-state index < -0.39 is 0 Å². The highest BCUT2D eigenvalue weighted by atomic mass is 14.7. The molecule has 0 saturated heterocycles. The molecule has 0 atom stereocenters. The summed E-state index contributed by atoms with van der Waals surface area (Å²) in [5.41, 5.74) is 4.76. The molecule has 0 aliphatic heterocycles. The molecule has 0 N–H and O–H groups in total. The summed E-state index contributed by atoms with van der Waals surface area (Å²) in [6.45, 7) is 10.4. The molecule has 18 heavy (non-hydrogen) atoms. The first-order valence-electron chi connectivity index (χ1n) is 6.20. The summed E-state index contributed by atoms with van der Waals surface area (Å²) in [4.78, 5) is 4.45. The van der Waals surface area contributed by atoms with Crippen molar-refractivity contribution < 1.29 is 0 Å². The van der Waals surface area contributed by atoms with Crippen LogP contribution in [-0.4, -0.2) is 4.98 Å². The van der Waals surface area contributed by atoms with E-state index in [2.05, 4.69) is 68.7 Å². The van der Waals surface area contributed by atoms with Crippen molar-refractivity contribution in [1.29, 1.82) is 0 Å². The lowest BCUT2D eigenvalue weighted by Crippen LogP contribution is -2.11. The highest BCUT2D eigenvalue weighted by Crippen LogP contribution is 2.26. The highest BCUT2D eigenvalue weighted by Gasteiger charge is 2.14. The summed E-state index contributed by atoms with van der Waals surface area (Å²) >= 11 is 0. The van der Waals surface area contributed by atoms with Crippen molar-refractivity contribution >= 4 is 6.08 Å². The van der Waals surface area contributed by atoms with E-state index in [0.717, 1.165) is 16.8 Å². The molecule has 0 amide bonds. The van der Waals surface area contributed by atoms with Gasteiger partial charge in [-0.15, -0.1) is 0 Å². The van der Waals surface area contributed by atoms with Gasteiger partial charge < -0.3 is 0 Å². The van der Waals surface area contributed by atoms with Crippen LogP contribution in [-0.2, 0) is 5.41 Å². The van der Waals surface area contributed by atoms with Gasteiger partial charge in [0.05, 0.1) is 5.69 Å². The van der Waals surface area contributed by atoms with Gasteiger partial charge in [-0.2, -0.15) is 0 Å². The zero-order chi connectivity index (χ0) is 13.2. The first-order chi connectivity index (χ1) is 8.50. The Bertz CT molecular complexity index is 545. The van der Waals surface area contributed by atoms with Crippen molar-refractivity contribution in [2.45, 2.75) is 26.2 Å². The van der Waals surface area contributed by atoms with E-state index in [9.17, 15) is 0 Å². The van der Waals surface area contributed by atoms with Crippen LogP contribution < -0.4 is 0 Å². The van der Waals surface area contributed by atoms with Crippen molar-refractivity contribution in [3.63, 3.8) is 0 Å². The molecule has 1 aromatic heterocycles. The Morgan fingerprint density at radius 3 is 2.28 bits per heavy atom. The van der Waals surface area contributed by atoms with Gasteiger partial charge in [-0.25, -0.2) is 0 Å². The van der Waals surface area contributed by atoms with Gasteiger partial charge in [0.2, 0.25) is 0 Å². The zero-order valence-electron chi connectivity index (χ0n) is 11.3. The Morgan fingerprint density at radius 2 is 1.72 bits per heavy atom. The number of aromatic nitrogens is 1. The van der Waals surface area contributed by atoms with Gasteiger partial charge in [-0.1, -0.05) is 57.7 Å². The molecule has 0 saturated carbocycles. The summed E-state index contributed by atoms with van der Waals surface area (Å²) in [6, 6.07) is 12.6. The van der Waals surface area contributed by atoms with E-state index in [1.165, 1.54) is 5.56 Å². The molecule has 0 unspecified atom stereocenters. The lowest BCUT2D eigenvalue weighted by atomic mass is 9.87. The second kappa shape index (κ2) is 4.77. The molecule has 1 aromatic carbocycles. The SMILES string of the molecule is C=Cc1ccc(-c2cc(C(C)(C)C)ccn2)cc1. The fourth-order valence-corrected chi connectivity index (χ4v) is 1.84. The molecule has 0 radical (unpaired) electrons.